The number of halogens is 3. The number of imidazole rings is 1. The van der Waals surface area contributed by atoms with Gasteiger partial charge in [0.1, 0.15) is 5.82 Å². The minimum Gasteiger partial charge on any atom is -0.469 e. The summed E-state index contributed by atoms with van der Waals surface area (Å²) in [6.45, 7) is 1.98. The van der Waals surface area contributed by atoms with Gasteiger partial charge in [-0.25, -0.2) is 4.98 Å². The minimum absolute atomic E-state index is 0.123. The normalized spacial score (nSPS) is 15.5. The average Bonchev–Trinajstić information content (AvgIpc) is 3.21. The second-order valence-corrected chi connectivity index (χ2v) is 7.76. The van der Waals surface area contributed by atoms with Crippen LogP contribution in [-0.4, -0.2) is 22.6 Å². The van der Waals surface area contributed by atoms with E-state index in [9.17, 15) is 18.0 Å². The number of ether oxygens (including phenoxy) is 1. The molecule has 3 aromatic rings. The van der Waals surface area contributed by atoms with E-state index >= 15 is 0 Å². The van der Waals surface area contributed by atoms with Crippen molar-refractivity contribution in [2.75, 3.05) is 7.11 Å². The number of alkyl halides is 3. The van der Waals surface area contributed by atoms with Gasteiger partial charge >= 0.3 is 12.1 Å². The Kier molecular flexibility index (Phi) is 5.79. The fourth-order valence-electron chi connectivity index (χ4n) is 3.88. The van der Waals surface area contributed by atoms with Crippen molar-refractivity contribution in [1.29, 1.82) is 0 Å². The van der Waals surface area contributed by atoms with Crippen molar-refractivity contribution in [2.24, 2.45) is 5.92 Å². The molecule has 7 heteroatoms. The fourth-order valence-corrected chi connectivity index (χ4v) is 3.88. The van der Waals surface area contributed by atoms with E-state index in [1.165, 1.54) is 20.1 Å². The number of aryl methyl sites for hydroxylation is 1. The van der Waals surface area contributed by atoms with Gasteiger partial charge in [-0.3, -0.25) is 4.79 Å². The van der Waals surface area contributed by atoms with Crippen molar-refractivity contribution in [2.45, 2.75) is 32.5 Å². The lowest BCUT2D eigenvalue weighted by Crippen LogP contribution is -2.27. The van der Waals surface area contributed by atoms with E-state index in [1.54, 1.807) is 6.07 Å². The first-order valence-electron chi connectivity index (χ1n) is 10.2. The fraction of sp³-hybridized carbons (Fsp3) is 0.280. The second-order valence-electron chi connectivity index (χ2n) is 7.76. The molecular formula is C25H21F3N2O2. The summed E-state index contributed by atoms with van der Waals surface area (Å²) in [5.41, 5.74) is 2.21. The highest BCUT2D eigenvalue weighted by Gasteiger charge is 2.32. The highest BCUT2D eigenvalue weighted by molar-refractivity contribution is 5.72. The third kappa shape index (κ3) is 4.40. The van der Waals surface area contributed by atoms with Crippen LogP contribution in [0.3, 0.4) is 0 Å². The van der Waals surface area contributed by atoms with Crippen molar-refractivity contribution in [3.63, 3.8) is 0 Å². The van der Waals surface area contributed by atoms with Gasteiger partial charge in [-0.15, -0.1) is 0 Å². The molecule has 0 fully saturated rings. The van der Waals surface area contributed by atoms with Gasteiger partial charge in [0.2, 0.25) is 0 Å². The highest BCUT2D eigenvalue weighted by atomic mass is 19.4. The van der Waals surface area contributed by atoms with Crippen molar-refractivity contribution in [3.05, 3.63) is 76.7 Å². The number of hydrogen-bond donors (Lipinski definition) is 0. The Bertz CT molecular complexity index is 1210. The molecular weight excluding hydrogens is 417 g/mol. The van der Waals surface area contributed by atoms with Crippen molar-refractivity contribution in [1.82, 2.24) is 9.55 Å². The lowest BCUT2D eigenvalue weighted by molar-refractivity contribution is -0.146. The van der Waals surface area contributed by atoms with E-state index in [0.717, 1.165) is 23.1 Å². The molecule has 1 aromatic heterocycles. The number of benzene rings is 2. The molecule has 2 aromatic carbocycles. The van der Waals surface area contributed by atoms with Gasteiger partial charge in [-0.05, 0) is 43.2 Å². The molecule has 1 aliphatic rings. The smallest absolute Gasteiger partial charge is 0.416 e. The van der Waals surface area contributed by atoms with Crippen LogP contribution in [0.25, 0.3) is 11.3 Å². The van der Waals surface area contributed by atoms with Crippen LogP contribution in [-0.2, 0) is 28.7 Å². The van der Waals surface area contributed by atoms with Crippen LogP contribution in [0.4, 0.5) is 13.2 Å². The van der Waals surface area contributed by atoms with Gasteiger partial charge in [0.15, 0.2) is 0 Å². The maximum atomic E-state index is 13.1. The molecule has 0 aliphatic carbocycles. The standard InChI is InChI=1S/C25H21F3N2O2/c1-16-18(4-3-5-21(16)25(26,27)28)9-6-17-7-10-19(11-8-17)22-15-30-14-20(24(31)32-2)12-13-23(30)29-22/h3-5,7-8,10-11,15,20H,12-14H2,1-2H3. The van der Waals surface area contributed by atoms with Gasteiger partial charge < -0.3 is 9.30 Å². The largest absolute Gasteiger partial charge is 0.469 e. The van der Waals surface area contributed by atoms with E-state index in [1.807, 2.05) is 35.0 Å². The summed E-state index contributed by atoms with van der Waals surface area (Å²) in [6.07, 6.45) is -1.05. The summed E-state index contributed by atoms with van der Waals surface area (Å²) in [5, 5.41) is 0. The number of nitrogens with zero attached hydrogens (tertiary/aromatic N) is 2. The molecule has 0 spiro atoms. The summed E-state index contributed by atoms with van der Waals surface area (Å²) in [6, 6.07) is 11.4. The number of hydrogen-bond acceptors (Lipinski definition) is 3. The predicted molar refractivity (Wildman–Crippen MR) is 114 cm³/mol. The predicted octanol–water partition coefficient (Wildman–Crippen LogP) is 5.01. The van der Waals surface area contributed by atoms with Gasteiger partial charge in [0, 0.05) is 35.9 Å². The Hall–Kier alpha value is -3.53. The molecule has 32 heavy (non-hydrogen) atoms. The average molecular weight is 438 g/mol. The van der Waals surface area contributed by atoms with Crippen LogP contribution < -0.4 is 0 Å². The monoisotopic (exact) mass is 438 g/mol. The Labute approximate surface area is 184 Å². The van der Waals surface area contributed by atoms with Crippen LogP contribution in [0, 0.1) is 24.7 Å². The molecule has 0 saturated carbocycles. The van der Waals surface area contributed by atoms with Crippen LogP contribution >= 0.6 is 0 Å². The van der Waals surface area contributed by atoms with E-state index < -0.39 is 11.7 Å². The lowest BCUT2D eigenvalue weighted by Gasteiger charge is -2.21. The zero-order valence-electron chi connectivity index (χ0n) is 17.7. The molecule has 4 rings (SSSR count). The maximum absolute atomic E-state index is 13.1. The first kappa shape index (κ1) is 21.7. The molecule has 1 aliphatic heterocycles. The number of rotatable bonds is 2. The van der Waals surface area contributed by atoms with Crippen molar-refractivity contribution in [3.8, 4) is 23.1 Å². The lowest BCUT2D eigenvalue weighted by atomic mass is 10.00. The minimum atomic E-state index is -4.40. The summed E-state index contributed by atoms with van der Waals surface area (Å²) in [5.74, 6) is 6.36. The van der Waals surface area contributed by atoms with Crippen LogP contribution in [0.1, 0.15) is 34.5 Å². The molecule has 4 nitrogen and oxygen atoms in total. The molecule has 0 amide bonds. The Morgan fingerprint density at radius 2 is 1.91 bits per heavy atom. The van der Waals surface area contributed by atoms with Crippen molar-refractivity contribution < 1.29 is 22.7 Å². The van der Waals surface area contributed by atoms with E-state index in [-0.39, 0.29) is 17.5 Å². The topological polar surface area (TPSA) is 44.1 Å². The van der Waals surface area contributed by atoms with Gasteiger partial charge in [0.05, 0.1) is 24.3 Å². The van der Waals surface area contributed by atoms with Crippen LogP contribution in [0.2, 0.25) is 0 Å². The van der Waals surface area contributed by atoms with Gasteiger partial charge in [-0.2, -0.15) is 13.2 Å². The molecule has 2 heterocycles. The summed E-state index contributed by atoms with van der Waals surface area (Å²) in [4.78, 5) is 16.5. The Morgan fingerprint density at radius 3 is 2.59 bits per heavy atom. The quantitative estimate of drug-likeness (QED) is 0.417. The second kappa shape index (κ2) is 8.54. The summed E-state index contributed by atoms with van der Waals surface area (Å²) >= 11 is 0. The third-order valence-corrected chi connectivity index (χ3v) is 5.69. The highest BCUT2D eigenvalue weighted by Crippen LogP contribution is 2.32. The Balaban J connectivity index is 1.53. The SMILES string of the molecule is COC(=O)C1CCc2nc(-c3ccc(C#Cc4cccc(C(F)(F)F)c4C)cc3)cn2C1. The Morgan fingerprint density at radius 1 is 1.16 bits per heavy atom. The van der Waals surface area contributed by atoms with E-state index in [0.29, 0.717) is 30.5 Å². The van der Waals surface area contributed by atoms with E-state index in [2.05, 4.69) is 16.8 Å². The molecule has 0 saturated heterocycles. The zero-order valence-corrected chi connectivity index (χ0v) is 17.7. The molecule has 0 radical (unpaired) electrons. The molecule has 0 N–H and O–H groups in total. The number of carbonyl (C=O) groups is 1. The number of carbonyl (C=O) groups excluding carboxylic acids is 1. The first-order chi connectivity index (χ1) is 15.3. The number of fused-ring (bicyclic) bond motifs is 1. The maximum Gasteiger partial charge on any atom is 0.416 e. The molecule has 1 atom stereocenters. The van der Waals surface area contributed by atoms with Gasteiger partial charge in [-0.1, -0.05) is 30.0 Å². The number of aromatic nitrogens is 2. The molecule has 164 valence electrons. The number of methoxy groups -OCH3 is 1. The first-order valence-corrected chi connectivity index (χ1v) is 10.2. The number of esters is 1. The molecule has 1 unspecified atom stereocenters. The van der Waals surface area contributed by atoms with Gasteiger partial charge in [0.25, 0.3) is 0 Å². The summed E-state index contributed by atoms with van der Waals surface area (Å²) in [7, 11) is 1.40. The van der Waals surface area contributed by atoms with Crippen LogP contribution in [0.5, 0.6) is 0 Å². The third-order valence-electron chi connectivity index (χ3n) is 5.69. The zero-order chi connectivity index (χ0) is 22.9. The van der Waals surface area contributed by atoms with E-state index in [4.69, 9.17) is 4.74 Å². The van der Waals surface area contributed by atoms with Crippen LogP contribution in [0.15, 0.2) is 48.7 Å². The van der Waals surface area contributed by atoms with Crippen molar-refractivity contribution >= 4 is 5.97 Å². The summed E-state index contributed by atoms with van der Waals surface area (Å²) < 4.78 is 46.1. The molecule has 0 bridgehead atoms.